The summed E-state index contributed by atoms with van der Waals surface area (Å²) in [6.45, 7) is 1.89. The molecule has 1 unspecified atom stereocenters. The van der Waals surface area contributed by atoms with E-state index in [2.05, 4.69) is 15.3 Å². The molecule has 5 heteroatoms. The van der Waals surface area contributed by atoms with Crippen LogP contribution in [0, 0.1) is 0 Å². The number of nitrogens with zero attached hydrogens (tertiary/aromatic N) is 2. The maximum Gasteiger partial charge on any atom is 0.271 e. The summed E-state index contributed by atoms with van der Waals surface area (Å²) in [5, 5.41) is 13.0. The van der Waals surface area contributed by atoms with Crippen LogP contribution in [0.5, 0.6) is 0 Å². The number of carbonyl (C=O) groups is 1. The van der Waals surface area contributed by atoms with Crippen LogP contribution in [-0.2, 0) is 6.42 Å². The number of aliphatic hydroxyl groups is 1. The average Bonchev–Trinajstić information content (AvgIpc) is 2.53. The van der Waals surface area contributed by atoms with Crippen LogP contribution in [0.2, 0.25) is 0 Å². The fourth-order valence-electron chi connectivity index (χ4n) is 1.92. The lowest BCUT2D eigenvalue weighted by atomic mass is 9.97. The van der Waals surface area contributed by atoms with Crippen molar-refractivity contribution in [2.24, 2.45) is 0 Å². The zero-order valence-electron chi connectivity index (χ0n) is 12.0. The highest BCUT2D eigenvalue weighted by molar-refractivity contribution is 5.91. The number of aryl methyl sites for hydroxylation is 1. The quantitative estimate of drug-likeness (QED) is 0.845. The molecule has 0 saturated heterocycles. The van der Waals surface area contributed by atoms with Crippen molar-refractivity contribution in [1.82, 2.24) is 15.3 Å². The minimum atomic E-state index is -0.965. The summed E-state index contributed by atoms with van der Waals surface area (Å²) in [5.41, 5.74) is 0.447. The van der Waals surface area contributed by atoms with Crippen molar-refractivity contribution in [3.63, 3.8) is 0 Å². The maximum absolute atomic E-state index is 11.8. The second-order valence-electron chi connectivity index (χ2n) is 5.26. The molecule has 2 aromatic rings. The molecular weight excluding hydrogens is 266 g/mol. The van der Waals surface area contributed by atoms with Crippen LogP contribution in [0.15, 0.2) is 48.9 Å². The largest absolute Gasteiger partial charge is 0.388 e. The summed E-state index contributed by atoms with van der Waals surface area (Å²) in [7, 11) is 0. The van der Waals surface area contributed by atoms with E-state index < -0.39 is 5.60 Å². The van der Waals surface area contributed by atoms with Gasteiger partial charge in [-0.2, -0.15) is 0 Å². The van der Waals surface area contributed by atoms with E-state index in [-0.39, 0.29) is 18.1 Å². The minimum Gasteiger partial charge on any atom is -0.388 e. The van der Waals surface area contributed by atoms with Gasteiger partial charge in [0.1, 0.15) is 5.69 Å². The molecule has 0 aliphatic heterocycles. The first-order valence-electron chi connectivity index (χ1n) is 6.87. The van der Waals surface area contributed by atoms with Gasteiger partial charge in [-0.15, -0.1) is 0 Å². The predicted molar refractivity (Wildman–Crippen MR) is 79.8 cm³/mol. The molecule has 0 bridgehead atoms. The molecule has 0 aliphatic carbocycles. The van der Waals surface area contributed by atoms with E-state index in [0.29, 0.717) is 6.42 Å². The van der Waals surface area contributed by atoms with Crippen molar-refractivity contribution in [2.75, 3.05) is 6.54 Å². The van der Waals surface area contributed by atoms with Crippen LogP contribution in [0.25, 0.3) is 0 Å². The SMILES string of the molecule is CC(O)(CCc1ccccc1)CNC(=O)c1cnccn1. The van der Waals surface area contributed by atoms with E-state index in [9.17, 15) is 9.90 Å². The van der Waals surface area contributed by atoms with E-state index in [1.165, 1.54) is 18.6 Å². The lowest BCUT2D eigenvalue weighted by molar-refractivity contribution is 0.0477. The molecule has 1 aromatic heterocycles. The highest BCUT2D eigenvalue weighted by atomic mass is 16.3. The number of nitrogens with one attached hydrogen (secondary N) is 1. The third-order valence-corrected chi connectivity index (χ3v) is 3.22. The molecule has 0 fully saturated rings. The monoisotopic (exact) mass is 285 g/mol. The van der Waals surface area contributed by atoms with E-state index in [1.54, 1.807) is 6.92 Å². The Hall–Kier alpha value is -2.27. The highest BCUT2D eigenvalue weighted by Crippen LogP contribution is 2.13. The average molecular weight is 285 g/mol. The van der Waals surface area contributed by atoms with Gasteiger partial charge in [-0.3, -0.25) is 9.78 Å². The van der Waals surface area contributed by atoms with Crippen molar-refractivity contribution in [3.05, 3.63) is 60.2 Å². The van der Waals surface area contributed by atoms with Crippen molar-refractivity contribution in [1.29, 1.82) is 0 Å². The third-order valence-electron chi connectivity index (χ3n) is 3.22. The van der Waals surface area contributed by atoms with Crippen LogP contribution < -0.4 is 5.32 Å². The fourth-order valence-corrected chi connectivity index (χ4v) is 1.92. The van der Waals surface area contributed by atoms with Gasteiger partial charge < -0.3 is 10.4 Å². The van der Waals surface area contributed by atoms with E-state index >= 15 is 0 Å². The van der Waals surface area contributed by atoms with E-state index in [4.69, 9.17) is 0 Å². The molecule has 0 saturated carbocycles. The van der Waals surface area contributed by atoms with Gasteiger partial charge in [-0.1, -0.05) is 30.3 Å². The molecule has 21 heavy (non-hydrogen) atoms. The topological polar surface area (TPSA) is 75.1 Å². The van der Waals surface area contributed by atoms with Crippen molar-refractivity contribution < 1.29 is 9.90 Å². The zero-order valence-corrected chi connectivity index (χ0v) is 12.0. The van der Waals surface area contributed by atoms with Gasteiger partial charge in [-0.05, 0) is 25.3 Å². The second-order valence-corrected chi connectivity index (χ2v) is 5.26. The second kappa shape index (κ2) is 6.95. The molecule has 110 valence electrons. The van der Waals surface area contributed by atoms with Crippen molar-refractivity contribution >= 4 is 5.91 Å². The van der Waals surface area contributed by atoms with E-state index in [1.807, 2.05) is 30.3 Å². The Bertz CT molecular complexity index is 571. The van der Waals surface area contributed by atoms with Crippen LogP contribution in [0.3, 0.4) is 0 Å². The fraction of sp³-hybridized carbons (Fsp3) is 0.312. The summed E-state index contributed by atoms with van der Waals surface area (Å²) < 4.78 is 0. The van der Waals surface area contributed by atoms with Crippen molar-refractivity contribution in [2.45, 2.75) is 25.4 Å². The summed E-state index contributed by atoms with van der Waals surface area (Å²) in [6, 6.07) is 9.95. The normalized spacial score (nSPS) is 13.4. The number of carbonyl (C=O) groups excluding carboxylic acids is 1. The number of aromatic nitrogens is 2. The van der Waals surface area contributed by atoms with Gasteiger partial charge in [0.2, 0.25) is 0 Å². The van der Waals surface area contributed by atoms with Gasteiger partial charge in [0, 0.05) is 18.9 Å². The molecule has 0 spiro atoms. The van der Waals surface area contributed by atoms with E-state index in [0.717, 1.165) is 12.0 Å². The molecule has 1 heterocycles. The number of rotatable bonds is 6. The number of amides is 1. The first-order chi connectivity index (χ1) is 10.1. The summed E-state index contributed by atoms with van der Waals surface area (Å²) in [5.74, 6) is -0.330. The molecule has 5 nitrogen and oxygen atoms in total. The van der Waals surface area contributed by atoms with Crippen LogP contribution >= 0.6 is 0 Å². The molecule has 0 aliphatic rings. The Balaban J connectivity index is 1.82. The predicted octanol–water partition coefficient (Wildman–Crippen LogP) is 1.59. The van der Waals surface area contributed by atoms with Gasteiger partial charge in [0.25, 0.3) is 5.91 Å². The van der Waals surface area contributed by atoms with Gasteiger partial charge >= 0.3 is 0 Å². The van der Waals surface area contributed by atoms with Gasteiger partial charge in [0.05, 0.1) is 11.8 Å². The summed E-state index contributed by atoms with van der Waals surface area (Å²) >= 11 is 0. The number of hydrogen-bond donors (Lipinski definition) is 2. The minimum absolute atomic E-state index is 0.176. The lowest BCUT2D eigenvalue weighted by Gasteiger charge is -2.23. The smallest absolute Gasteiger partial charge is 0.271 e. The molecule has 0 radical (unpaired) electrons. The molecule has 2 N–H and O–H groups in total. The Morgan fingerprint density at radius 3 is 2.71 bits per heavy atom. The number of benzene rings is 1. The Kier molecular flexibility index (Phi) is 5.00. The van der Waals surface area contributed by atoms with Crippen LogP contribution in [0.1, 0.15) is 29.4 Å². The first-order valence-corrected chi connectivity index (χ1v) is 6.87. The Morgan fingerprint density at radius 1 is 1.29 bits per heavy atom. The highest BCUT2D eigenvalue weighted by Gasteiger charge is 2.21. The molecular formula is C16H19N3O2. The lowest BCUT2D eigenvalue weighted by Crippen LogP contribution is -2.41. The first kappa shape index (κ1) is 15.1. The van der Waals surface area contributed by atoms with Gasteiger partial charge in [0.15, 0.2) is 0 Å². The Labute approximate surface area is 124 Å². The van der Waals surface area contributed by atoms with Crippen LogP contribution in [0.4, 0.5) is 0 Å². The Morgan fingerprint density at radius 2 is 2.05 bits per heavy atom. The molecule has 1 atom stereocenters. The summed E-state index contributed by atoms with van der Waals surface area (Å²) in [6.07, 6.45) is 5.69. The molecule has 1 aromatic carbocycles. The third kappa shape index (κ3) is 4.96. The standard InChI is InChI=1S/C16H19N3O2/c1-16(21,8-7-13-5-3-2-4-6-13)12-19-15(20)14-11-17-9-10-18-14/h2-6,9-11,21H,7-8,12H2,1H3,(H,19,20). The van der Waals surface area contributed by atoms with Crippen molar-refractivity contribution in [3.8, 4) is 0 Å². The van der Waals surface area contributed by atoms with Crippen LogP contribution in [-0.4, -0.2) is 33.1 Å². The molecule has 1 amide bonds. The maximum atomic E-state index is 11.8. The zero-order chi connectivity index (χ0) is 15.1. The summed E-state index contributed by atoms with van der Waals surface area (Å²) in [4.78, 5) is 19.6. The number of hydrogen-bond acceptors (Lipinski definition) is 4. The molecule has 2 rings (SSSR count). The van der Waals surface area contributed by atoms with Gasteiger partial charge in [-0.25, -0.2) is 4.98 Å².